The highest BCUT2D eigenvalue weighted by molar-refractivity contribution is 8.01. The molecule has 0 spiro atoms. The summed E-state index contributed by atoms with van der Waals surface area (Å²) in [6.07, 6.45) is 4.41. The van der Waals surface area contributed by atoms with Crippen molar-refractivity contribution in [1.29, 1.82) is 0 Å². The third-order valence-corrected chi connectivity index (χ3v) is 4.24. The second kappa shape index (κ2) is 5.48. The van der Waals surface area contributed by atoms with Gasteiger partial charge >= 0.3 is 0 Å². The van der Waals surface area contributed by atoms with Crippen LogP contribution in [0.5, 0.6) is 0 Å². The van der Waals surface area contributed by atoms with Crippen molar-refractivity contribution in [3.8, 4) is 0 Å². The molecule has 0 saturated carbocycles. The van der Waals surface area contributed by atoms with Gasteiger partial charge in [-0.05, 0) is 6.92 Å². The molecule has 0 N–H and O–H groups in total. The van der Waals surface area contributed by atoms with Crippen molar-refractivity contribution in [1.82, 2.24) is 4.90 Å². The average Bonchev–Trinajstić information content (AvgIpc) is 2.27. The zero-order chi connectivity index (χ0) is 13.2. The van der Waals surface area contributed by atoms with Gasteiger partial charge in [0.1, 0.15) is 36.0 Å². The number of aliphatic imine (C=N–C) groups is 2. The summed E-state index contributed by atoms with van der Waals surface area (Å²) in [4.78, 5) is 11.3. The quantitative estimate of drug-likeness (QED) is 0.694. The van der Waals surface area contributed by atoms with Gasteiger partial charge in [-0.15, -0.1) is 4.21 Å². The highest BCUT2D eigenvalue weighted by atomic mass is 32.2. The number of morpholine rings is 1. The van der Waals surface area contributed by atoms with Crippen LogP contribution in [-0.4, -0.2) is 67.2 Å². The van der Waals surface area contributed by atoms with Crippen LogP contribution in [0.15, 0.2) is 9.98 Å². The van der Waals surface area contributed by atoms with Gasteiger partial charge in [-0.2, -0.15) is 0 Å². The Bertz CT molecular complexity index is 408. The standard InChI is InChI=1S/C12H22N3O2S/c1-10-13-11(9-18(2,3)16)8-12(14-10)15-4-6-17-7-5-15/h11H,4-9H2,1-3H3/q+1. The van der Waals surface area contributed by atoms with Gasteiger partial charge in [0.25, 0.3) is 0 Å². The predicted octanol–water partition coefficient (Wildman–Crippen LogP) is 0.667. The minimum Gasteiger partial charge on any atom is -0.378 e. The molecule has 2 heterocycles. The minimum atomic E-state index is -1.76. The first-order valence-corrected chi connectivity index (χ1v) is 8.85. The first-order valence-electron chi connectivity index (χ1n) is 6.30. The number of amidine groups is 2. The van der Waals surface area contributed by atoms with Crippen LogP contribution in [0.4, 0.5) is 0 Å². The molecule has 0 aromatic carbocycles. The van der Waals surface area contributed by atoms with E-state index in [-0.39, 0.29) is 6.04 Å². The first kappa shape index (κ1) is 13.7. The summed E-state index contributed by atoms with van der Waals surface area (Å²) in [5.41, 5.74) is 0. The maximum absolute atomic E-state index is 11.9. The number of nitrogens with zero attached hydrogens (tertiary/aromatic N) is 3. The Morgan fingerprint density at radius 3 is 2.67 bits per heavy atom. The summed E-state index contributed by atoms with van der Waals surface area (Å²) in [5, 5.41) is 0. The molecular weight excluding hydrogens is 250 g/mol. The third-order valence-electron chi connectivity index (χ3n) is 3.05. The van der Waals surface area contributed by atoms with Crippen LogP contribution in [0.3, 0.4) is 0 Å². The van der Waals surface area contributed by atoms with Gasteiger partial charge in [-0.25, -0.2) is 4.99 Å². The van der Waals surface area contributed by atoms with E-state index in [0.29, 0.717) is 5.75 Å². The van der Waals surface area contributed by atoms with Crippen LogP contribution >= 0.6 is 0 Å². The maximum Gasteiger partial charge on any atom is 0.134 e. The molecule has 0 bridgehead atoms. The monoisotopic (exact) mass is 272 g/mol. The predicted molar refractivity (Wildman–Crippen MR) is 76.1 cm³/mol. The van der Waals surface area contributed by atoms with Crippen molar-refractivity contribution in [2.24, 2.45) is 9.98 Å². The molecule has 1 unspecified atom stereocenters. The number of hydrogen-bond acceptors (Lipinski definition) is 5. The highest BCUT2D eigenvalue weighted by Gasteiger charge is 2.28. The number of hydrogen-bond donors (Lipinski definition) is 0. The van der Waals surface area contributed by atoms with E-state index in [1.807, 2.05) is 6.92 Å². The smallest absolute Gasteiger partial charge is 0.134 e. The lowest BCUT2D eigenvalue weighted by molar-refractivity contribution is 0.0670. The summed E-state index contributed by atoms with van der Waals surface area (Å²) in [5.74, 6) is 2.53. The van der Waals surface area contributed by atoms with Gasteiger partial charge in [-0.3, -0.25) is 4.99 Å². The van der Waals surface area contributed by atoms with Crippen molar-refractivity contribution in [3.05, 3.63) is 0 Å². The molecule has 1 saturated heterocycles. The van der Waals surface area contributed by atoms with Crippen LogP contribution in [0.1, 0.15) is 13.3 Å². The normalized spacial score (nSPS) is 25.7. The highest BCUT2D eigenvalue weighted by Crippen LogP contribution is 2.15. The fourth-order valence-electron chi connectivity index (χ4n) is 2.36. The van der Waals surface area contributed by atoms with Gasteiger partial charge in [-0.1, -0.05) is 0 Å². The molecule has 2 aliphatic heterocycles. The van der Waals surface area contributed by atoms with E-state index in [4.69, 9.17) is 4.74 Å². The van der Waals surface area contributed by atoms with E-state index in [1.54, 1.807) is 12.5 Å². The minimum absolute atomic E-state index is 0.114. The van der Waals surface area contributed by atoms with Crippen LogP contribution in [0, 0.1) is 0 Å². The molecule has 6 heteroatoms. The van der Waals surface area contributed by atoms with Gasteiger partial charge in [0.05, 0.1) is 23.1 Å². The fraction of sp³-hybridized carbons (Fsp3) is 0.833. The Balaban J connectivity index is 2.04. The molecule has 2 aliphatic rings. The van der Waals surface area contributed by atoms with Crippen molar-refractivity contribution in [3.63, 3.8) is 0 Å². The van der Waals surface area contributed by atoms with Crippen LogP contribution in [-0.2, 0) is 18.9 Å². The molecule has 1 atom stereocenters. The molecule has 1 fully saturated rings. The van der Waals surface area contributed by atoms with Crippen LogP contribution in [0.2, 0.25) is 0 Å². The number of rotatable bonds is 2. The molecular formula is C12H22N3O2S+. The second-order valence-corrected chi connectivity index (χ2v) is 8.47. The largest absolute Gasteiger partial charge is 0.378 e. The summed E-state index contributed by atoms with van der Waals surface area (Å²) in [6, 6.07) is 0.114. The number of ether oxygens (including phenoxy) is 1. The van der Waals surface area contributed by atoms with Crippen LogP contribution in [0.25, 0.3) is 0 Å². The Hall–Kier alpha value is -0.750. The SMILES string of the molecule is CC1=NC(C[S+](C)(C)=O)CC(N2CCOCC2)=N1. The second-order valence-electron chi connectivity index (χ2n) is 5.27. The van der Waals surface area contributed by atoms with Crippen molar-refractivity contribution < 1.29 is 8.95 Å². The van der Waals surface area contributed by atoms with Gasteiger partial charge in [0.2, 0.25) is 0 Å². The molecule has 0 amide bonds. The zero-order valence-electron chi connectivity index (χ0n) is 11.4. The van der Waals surface area contributed by atoms with Crippen molar-refractivity contribution >= 4 is 21.6 Å². The molecule has 2 rings (SSSR count). The Kier molecular flexibility index (Phi) is 4.17. The van der Waals surface area contributed by atoms with Gasteiger partial charge in [0, 0.05) is 19.5 Å². The third kappa shape index (κ3) is 3.88. The van der Waals surface area contributed by atoms with E-state index < -0.39 is 9.93 Å². The van der Waals surface area contributed by atoms with Gasteiger partial charge < -0.3 is 9.64 Å². The van der Waals surface area contributed by atoms with Crippen LogP contribution < -0.4 is 0 Å². The molecule has 0 aromatic rings. The molecule has 0 radical (unpaired) electrons. The summed E-state index contributed by atoms with van der Waals surface area (Å²) in [7, 11) is -1.76. The first-order chi connectivity index (χ1) is 8.44. The summed E-state index contributed by atoms with van der Waals surface area (Å²) < 4.78 is 17.3. The summed E-state index contributed by atoms with van der Waals surface area (Å²) >= 11 is 0. The zero-order valence-corrected chi connectivity index (χ0v) is 12.2. The van der Waals surface area contributed by atoms with Crippen molar-refractivity contribution in [2.75, 3.05) is 44.6 Å². The Morgan fingerprint density at radius 1 is 1.39 bits per heavy atom. The molecule has 18 heavy (non-hydrogen) atoms. The van der Waals surface area contributed by atoms with E-state index in [2.05, 4.69) is 14.9 Å². The lowest BCUT2D eigenvalue weighted by Crippen LogP contribution is -2.44. The van der Waals surface area contributed by atoms with Gasteiger partial charge in [0.15, 0.2) is 0 Å². The lowest BCUT2D eigenvalue weighted by atomic mass is 10.2. The molecule has 0 aromatic heterocycles. The average molecular weight is 272 g/mol. The lowest BCUT2D eigenvalue weighted by Gasteiger charge is -2.32. The fourth-order valence-corrected chi connectivity index (χ4v) is 3.48. The summed E-state index contributed by atoms with van der Waals surface area (Å²) in [6.45, 7) is 5.23. The van der Waals surface area contributed by atoms with E-state index in [1.165, 1.54) is 0 Å². The van der Waals surface area contributed by atoms with E-state index >= 15 is 0 Å². The molecule has 102 valence electrons. The molecule has 0 aliphatic carbocycles. The van der Waals surface area contributed by atoms with Crippen molar-refractivity contribution in [2.45, 2.75) is 19.4 Å². The Labute approximate surface area is 110 Å². The van der Waals surface area contributed by atoms with E-state index in [9.17, 15) is 4.21 Å². The maximum atomic E-state index is 11.9. The Morgan fingerprint density at radius 2 is 2.06 bits per heavy atom. The topological polar surface area (TPSA) is 54.3 Å². The van der Waals surface area contributed by atoms with E-state index in [0.717, 1.165) is 44.4 Å². The molecule has 5 nitrogen and oxygen atoms in total.